The number of ketones is 2. The molecule has 0 fully saturated rings. The molecule has 0 aliphatic carbocycles. The van der Waals surface area contributed by atoms with E-state index in [0.717, 1.165) is 11.1 Å². The van der Waals surface area contributed by atoms with Gasteiger partial charge in [0, 0.05) is 55.7 Å². The Morgan fingerprint density at radius 3 is 1.27 bits per heavy atom. The van der Waals surface area contributed by atoms with E-state index in [-0.39, 0.29) is 32.5 Å². The Morgan fingerprint density at radius 1 is 0.515 bits per heavy atom. The maximum absolute atomic E-state index is 13.7. The first kappa shape index (κ1) is 50.7. The molecule has 0 radical (unpaired) electrons. The van der Waals surface area contributed by atoms with Crippen molar-refractivity contribution in [3.8, 4) is 0 Å². The SMILES string of the molecule is CCc1cc(NC(=O)C(N=Nc2cc(Cl)cc(C(=O)Nc3ccc(CCCl)cc3)c2)C(C)=O)cc(CC)c1NC(=O)C(N=Nc1cc(Cl)cc(C(=O)Nc2ccc(CCCl)cc2)c1)C(C)=O. The van der Waals surface area contributed by atoms with Crippen LogP contribution in [0.2, 0.25) is 10.0 Å². The first-order valence-electron chi connectivity index (χ1n) is 20.7. The van der Waals surface area contributed by atoms with Gasteiger partial charge in [0.15, 0.2) is 11.6 Å². The highest BCUT2D eigenvalue weighted by Gasteiger charge is 2.27. The molecule has 0 aromatic heterocycles. The third-order valence-corrected chi connectivity index (χ3v) is 10.7. The second-order valence-electron chi connectivity index (χ2n) is 14.9. The molecular formula is C48H46Cl4N8O6. The molecule has 2 unspecified atom stereocenters. The Kier molecular flexibility index (Phi) is 18.6. The van der Waals surface area contributed by atoms with Gasteiger partial charge in [0.1, 0.15) is 0 Å². The minimum Gasteiger partial charge on any atom is -0.324 e. The van der Waals surface area contributed by atoms with E-state index in [0.29, 0.717) is 71.3 Å². The van der Waals surface area contributed by atoms with Crippen molar-refractivity contribution >= 4 is 116 Å². The molecule has 0 aliphatic heterocycles. The Balaban J connectivity index is 1.28. The van der Waals surface area contributed by atoms with E-state index in [1.807, 2.05) is 38.1 Å². The fourth-order valence-electron chi connectivity index (χ4n) is 6.51. The Morgan fingerprint density at radius 2 is 0.909 bits per heavy atom. The van der Waals surface area contributed by atoms with Crippen molar-refractivity contribution < 1.29 is 28.8 Å². The highest BCUT2D eigenvalue weighted by atomic mass is 35.5. The van der Waals surface area contributed by atoms with Gasteiger partial charge >= 0.3 is 0 Å². The number of benzene rings is 5. The number of carbonyl (C=O) groups excluding carboxylic acids is 6. The van der Waals surface area contributed by atoms with Gasteiger partial charge in [0.2, 0.25) is 12.1 Å². The van der Waals surface area contributed by atoms with E-state index in [4.69, 9.17) is 46.4 Å². The van der Waals surface area contributed by atoms with Crippen molar-refractivity contribution in [2.45, 2.75) is 65.5 Å². The number of anilines is 4. The summed E-state index contributed by atoms with van der Waals surface area (Å²) in [5.74, 6) is -2.72. The van der Waals surface area contributed by atoms with Crippen LogP contribution in [-0.4, -0.2) is 59.0 Å². The number of carbonyl (C=O) groups is 6. The molecule has 0 aliphatic rings. The third-order valence-electron chi connectivity index (χ3n) is 9.90. The maximum Gasteiger partial charge on any atom is 0.258 e. The maximum atomic E-state index is 13.7. The van der Waals surface area contributed by atoms with Crippen molar-refractivity contribution in [2.24, 2.45) is 20.5 Å². The standard InChI is InChI=1S/C48H46Cl4N8O6/c1-5-31-21-39(55-47(65)42(27(3)61)59-57-40-23-33(19-35(51)25-40)45(63)53-37-11-7-29(8-12-37)15-17-49)22-32(6-2)44(31)56-48(66)43(28(4)62)60-58-41-24-34(20-36(52)26-41)46(64)54-38-13-9-30(10-14-38)16-18-50/h7-14,19-26,42-43H,5-6,15-18H2,1-4H3,(H,53,63)(H,54,64)(H,55,65)(H,56,66). The average Bonchev–Trinajstić information content (AvgIpc) is 3.27. The molecular weight excluding hydrogens is 926 g/mol. The molecule has 4 N–H and O–H groups in total. The molecule has 5 rings (SSSR count). The molecule has 5 aromatic carbocycles. The molecule has 0 saturated carbocycles. The van der Waals surface area contributed by atoms with Crippen molar-refractivity contribution in [1.29, 1.82) is 0 Å². The normalized spacial score (nSPS) is 12.1. The molecule has 14 nitrogen and oxygen atoms in total. The van der Waals surface area contributed by atoms with Crippen molar-refractivity contribution in [3.63, 3.8) is 0 Å². The number of hydrogen-bond donors (Lipinski definition) is 4. The van der Waals surface area contributed by atoms with Gasteiger partial charge in [-0.05, 0) is 135 Å². The van der Waals surface area contributed by atoms with Crippen LogP contribution < -0.4 is 21.3 Å². The number of rotatable bonds is 20. The van der Waals surface area contributed by atoms with Crippen LogP contribution in [0.4, 0.5) is 34.1 Å². The van der Waals surface area contributed by atoms with E-state index in [1.54, 1.807) is 36.4 Å². The molecule has 5 aromatic rings. The minimum atomic E-state index is -1.56. The molecule has 0 spiro atoms. The van der Waals surface area contributed by atoms with E-state index in [1.165, 1.54) is 50.2 Å². The number of nitrogens with one attached hydrogen (secondary N) is 4. The van der Waals surface area contributed by atoms with Crippen LogP contribution >= 0.6 is 46.4 Å². The molecule has 2 atom stereocenters. The topological polar surface area (TPSA) is 200 Å². The number of halogens is 4. The number of aryl methyl sites for hydroxylation is 4. The number of azo groups is 2. The fraction of sp³-hybridized carbons (Fsp3) is 0.250. The lowest BCUT2D eigenvalue weighted by atomic mass is 10.0. The van der Waals surface area contributed by atoms with E-state index >= 15 is 0 Å². The number of alkyl halides is 2. The van der Waals surface area contributed by atoms with Crippen LogP contribution in [0.25, 0.3) is 0 Å². The van der Waals surface area contributed by atoms with E-state index in [2.05, 4.69) is 41.7 Å². The lowest BCUT2D eigenvalue weighted by Crippen LogP contribution is -2.33. The number of Topliss-reactive ketones (excluding diaryl/α,β-unsaturated/α-hetero) is 2. The number of nitrogens with zero attached hydrogens (tertiary/aromatic N) is 4. The van der Waals surface area contributed by atoms with Gasteiger partial charge in [-0.3, -0.25) is 28.8 Å². The van der Waals surface area contributed by atoms with Crippen molar-refractivity contribution in [1.82, 2.24) is 0 Å². The van der Waals surface area contributed by atoms with Gasteiger partial charge in [-0.15, -0.1) is 23.2 Å². The van der Waals surface area contributed by atoms with Crippen LogP contribution in [0.5, 0.6) is 0 Å². The zero-order valence-corrected chi connectivity index (χ0v) is 39.4. The molecule has 0 heterocycles. The third kappa shape index (κ3) is 14.3. The highest BCUT2D eigenvalue weighted by molar-refractivity contribution is 6.31. The largest absolute Gasteiger partial charge is 0.324 e. The van der Waals surface area contributed by atoms with Crippen LogP contribution in [0.3, 0.4) is 0 Å². The quantitative estimate of drug-likeness (QED) is 0.0340. The van der Waals surface area contributed by atoms with Gasteiger partial charge in [0.25, 0.3) is 23.6 Å². The lowest BCUT2D eigenvalue weighted by Gasteiger charge is -2.19. The Labute approximate surface area is 402 Å². The smallest absolute Gasteiger partial charge is 0.258 e. The molecule has 66 heavy (non-hydrogen) atoms. The molecule has 0 bridgehead atoms. The second-order valence-corrected chi connectivity index (χ2v) is 16.5. The first-order valence-corrected chi connectivity index (χ1v) is 22.6. The summed E-state index contributed by atoms with van der Waals surface area (Å²) in [4.78, 5) is 78.9. The monoisotopic (exact) mass is 970 g/mol. The van der Waals surface area contributed by atoms with Crippen LogP contribution in [0, 0.1) is 0 Å². The summed E-state index contributed by atoms with van der Waals surface area (Å²) in [5.41, 5.74) is 5.71. The lowest BCUT2D eigenvalue weighted by molar-refractivity contribution is -0.127. The molecule has 4 amide bonds. The van der Waals surface area contributed by atoms with Gasteiger partial charge < -0.3 is 21.3 Å². The molecule has 0 saturated heterocycles. The summed E-state index contributed by atoms with van der Waals surface area (Å²) in [5, 5.41) is 27.8. The van der Waals surface area contributed by atoms with Crippen molar-refractivity contribution in [2.75, 3.05) is 33.0 Å². The summed E-state index contributed by atoms with van der Waals surface area (Å²) < 4.78 is 0. The summed E-state index contributed by atoms with van der Waals surface area (Å²) in [7, 11) is 0. The number of hydrogen-bond acceptors (Lipinski definition) is 10. The predicted molar refractivity (Wildman–Crippen MR) is 261 cm³/mol. The second kappa shape index (κ2) is 24.3. The van der Waals surface area contributed by atoms with E-state index in [9.17, 15) is 28.8 Å². The Hall–Kier alpha value is -6.32. The summed E-state index contributed by atoms with van der Waals surface area (Å²) in [6.45, 7) is 6.08. The van der Waals surface area contributed by atoms with Gasteiger partial charge in [-0.2, -0.15) is 20.5 Å². The predicted octanol–water partition coefficient (Wildman–Crippen LogP) is 11.5. The summed E-state index contributed by atoms with van der Waals surface area (Å²) >= 11 is 24.3. The minimum absolute atomic E-state index is 0.135. The average molecular weight is 973 g/mol. The van der Waals surface area contributed by atoms with Crippen LogP contribution in [0.15, 0.2) is 118 Å². The van der Waals surface area contributed by atoms with Crippen LogP contribution in [-0.2, 0) is 44.9 Å². The summed E-state index contributed by atoms with van der Waals surface area (Å²) in [6, 6.07) is 23.2. The summed E-state index contributed by atoms with van der Waals surface area (Å²) in [6.07, 6.45) is 2.17. The van der Waals surface area contributed by atoms with E-state index < -0.39 is 47.3 Å². The van der Waals surface area contributed by atoms with Crippen molar-refractivity contribution in [3.05, 3.63) is 140 Å². The molecule has 18 heteroatoms. The van der Waals surface area contributed by atoms with Gasteiger partial charge in [0.05, 0.1) is 11.4 Å². The Bertz CT molecular complexity index is 2650. The zero-order chi connectivity index (χ0) is 47.9. The first-order chi connectivity index (χ1) is 31.6. The van der Waals surface area contributed by atoms with Gasteiger partial charge in [-0.1, -0.05) is 61.3 Å². The fourth-order valence-corrected chi connectivity index (χ4v) is 7.40. The van der Waals surface area contributed by atoms with Gasteiger partial charge in [-0.25, -0.2) is 0 Å². The molecule has 342 valence electrons. The zero-order valence-electron chi connectivity index (χ0n) is 36.4. The highest BCUT2D eigenvalue weighted by Crippen LogP contribution is 2.30. The number of amides is 4. The van der Waals surface area contributed by atoms with Crippen LogP contribution in [0.1, 0.15) is 70.7 Å².